The van der Waals surface area contributed by atoms with Crippen LogP contribution in [0.15, 0.2) is 0 Å². The van der Waals surface area contributed by atoms with Crippen LogP contribution in [-0.4, -0.2) is 50.3 Å². The van der Waals surface area contributed by atoms with Gasteiger partial charge in [0, 0.05) is 27.3 Å². The molecule has 4 heteroatoms. The van der Waals surface area contributed by atoms with Gasteiger partial charge in [-0.3, -0.25) is 4.79 Å². The van der Waals surface area contributed by atoms with Gasteiger partial charge in [0.1, 0.15) is 5.60 Å². The van der Waals surface area contributed by atoms with E-state index >= 15 is 0 Å². The predicted molar refractivity (Wildman–Crippen MR) is 55.2 cm³/mol. The number of hydrogen-bond acceptors (Lipinski definition) is 3. The molecule has 0 aliphatic heterocycles. The van der Waals surface area contributed by atoms with Crippen LogP contribution in [0.3, 0.4) is 0 Å². The van der Waals surface area contributed by atoms with Gasteiger partial charge in [0.15, 0.2) is 0 Å². The summed E-state index contributed by atoms with van der Waals surface area (Å²) in [6.45, 7) is 7.29. The smallest absolute Gasteiger partial charge is 0.254 e. The summed E-state index contributed by atoms with van der Waals surface area (Å²) in [5, 5.41) is 0. The van der Waals surface area contributed by atoms with Crippen LogP contribution in [0.1, 0.15) is 20.8 Å². The maximum atomic E-state index is 11.7. The summed E-state index contributed by atoms with van der Waals surface area (Å²) in [4.78, 5) is 13.4. The summed E-state index contributed by atoms with van der Waals surface area (Å²) in [5.41, 5.74) is -0.749. The molecule has 0 heterocycles. The normalized spacial score (nSPS) is 11.5. The third-order valence-electron chi connectivity index (χ3n) is 2.15. The minimum Gasteiger partial charge on any atom is -0.380 e. The van der Waals surface area contributed by atoms with Crippen molar-refractivity contribution in [1.82, 2.24) is 4.90 Å². The maximum absolute atomic E-state index is 11.7. The molecule has 0 atom stereocenters. The molecule has 0 bridgehead atoms. The Morgan fingerprint density at radius 1 is 1.43 bits per heavy atom. The van der Waals surface area contributed by atoms with Crippen LogP contribution in [0.5, 0.6) is 0 Å². The number of nitrogens with zero attached hydrogens (tertiary/aromatic N) is 1. The van der Waals surface area contributed by atoms with Crippen molar-refractivity contribution in [3.05, 3.63) is 0 Å². The molecule has 4 nitrogen and oxygen atoms in total. The lowest BCUT2D eigenvalue weighted by Gasteiger charge is -2.27. The van der Waals surface area contributed by atoms with Crippen molar-refractivity contribution in [3.63, 3.8) is 0 Å². The molecule has 0 aromatic rings. The Kier molecular flexibility index (Phi) is 5.72. The van der Waals surface area contributed by atoms with Gasteiger partial charge in [-0.1, -0.05) is 0 Å². The lowest BCUT2D eigenvalue weighted by molar-refractivity contribution is -0.150. The van der Waals surface area contributed by atoms with Gasteiger partial charge in [0.25, 0.3) is 5.91 Å². The van der Waals surface area contributed by atoms with E-state index in [0.717, 1.165) is 0 Å². The minimum absolute atomic E-state index is 0.0281. The van der Waals surface area contributed by atoms with E-state index in [1.807, 2.05) is 6.92 Å². The Morgan fingerprint density at radius 3 is 2.43 bits per heavy atom. The summed E-state index contributed by atoms with van der Waals surface area (Å²) >= 11 is 0. The van der Waals surface area contributed by atoms with Crippen molar-refractivity contribution in [2.24, 2.45) is 0 Å². The van der Waals surface area contributed by atoms with E-state index in [4.69, 9.17) is 9.47 Å². The summed E-state index contributed by atoms with van der Waals surface area (Å²) in [6, 6.07) is 0. The molecule has 0 aliphatic carbocycles. The number of hydrogen-bond donors (Lipinski definition) is 0. The molecule has 0 unspecified atom stereocenters. The van der Waals surface area contributed by atoms with E-state index in [0.29, 0.717) is 19.8 Å². The first kappa shape index (κ1) is 13.4. The molecule has 0 rings (SSSR count). The number of ether oxygens (including phenoxy) is 2. The van der Waals surface area contributed by atoms with Crippen LogP contribution in [0.2, 0.25) is 0 Å². The summed E-state index contributed by atoms with van der Waals surface area (Å²) in [6.07, 6.45) is 0. The molecule has 1 amide bonds. The standard InChI is InChI=1S/C10H21NO3/c1-6-14-8-7-11(4)9(12)10(2,3)13-5/h6-8H2,1-5H3. The number of carbonyl (C=O) groups is 1. The van der Waals surface area contributed by atoms with Gasteiger partial charge >= 0.3 is 0 Å². The highest BCUT2D eigenvalue weighted by atomic mass is 16.5. The lowest BCUT2D eigenvalue weighted by atomic mass is 10.1. The number of likely N-dealkylation sites (N-methyl/N-ethyl adjacent to an activating group) is 1. The molecule has 0 fully saturated rings. The molecule has 0 aliphatic rings. The Hall–Kier alpha value is -0.610. The van der Waals surface area contributed by atoms with Crippen LogP contribution < -0.4 is 0 Å². The minimum atomic E-state index is -0.749. The SMILES string of the molecule is CCOCCN(C)C(=O)C(C)(C)OC. The van der Waals surface area contributed by atoms with Gasteiger partial charge in [-0.25, -0.2) is 0 Å². The van der Waals surface area contributed by atoms with Crippen molar-refractivity contribution in [3.8, 4) is 0 Å². The molecule has 0 radical (unpaired) electrons. The van der Waals surface area contributed by atoms with Crippen LogP contribution in [0.25, 0.3) is 0 Å². The zero-order valence-corrected chi connectivity index (χ0v) is 9.79. The second-order valence-electron chi connectivity index (χ2n) is 3.64. The fourth-order valence-corrected chi connectivity index (χ4v) is 0.994. The topological polar surface area (TPSA) is 38.8 Å². The average molecular weight is 203 g/mol. The number of rotatable bonds is 6. The van der Waals surface area contributed by atoms with E-state index in [-0.39, 0.29) is 5.91 Å². The first-order chi connectivity index (χ1) is 6.45. The highest BCUT2D eigenvalue weighted by Crippen LogP contribution is 2.10. The number of amides is 1. The van der Waals surface area contributed by atoms with E-state index < -0.39 is 5.60 Å². The molecule has 84 valence electrons. The fraction of sp³-hybridized carbons (Fsp3) is 0.900. The Bertz CT molecular complexity index is 180. The summed E-state index contributed by atoms with van der Waals surface area (Å²) < 4.78 is 10.3. The van der Waals surface area contributed by atoms with Crippen LogP contribution in [-0.2, 0) is 14.3 Å². The molecule has 0 saturated carbocycles. The lowest BCUT2D eigenvalue weighted by Crippen LogP contribution is -2.45. The highest BCUT2D eigenvalue weighted by molar-refractivity contribution is 5.84. The second kappa shape index (κ2) is 5.98. The average Bonchev–Trinajstić information content (AvgIpc) is 2.17. The molecule has 0 aromatic carbocycles. The molecule has 14 heavy (non-hydrogen) atoms. The predicted octanol–water partition coefficient (Wildman–Crippen LogP) is 0.906. The fourth-order valence-electron chi connectivity index (χ4n) is 0.994. The zero-order valence-electron chi connectivity index (χ0n) is 9.79. The second-order valence-corrected chi connectivity index (χ2v) is 3.64. The van der Waals surface area contributed by atoms with E-state index in [1.165, 1.54) is 7.11 Å². The third kappa shape index (κ3) is 4.07. The van der Waals surface area contributed by atoms with Gasteiger partial charge in [-0.2, -0.15) is 0 Å². The number of methoxy groups -OCH3 is 1. The summed E-state index contributed by atoms with van der Waals surface area (Å²) in [7, 11) is 3.29. The zero-order chi connectivity index (χ0) is 11.2. The first-order valence-corrected chi connectivity index (χ1v) is 4.84. The van der Waals surface area contributed by atoms with E-state index in [2.05, 4.69) is 0 Å². The quantitative estimate of drug-likeness (QED) is 0.602. The van der Waals surface area contributed by atoms with Crippen LogP contribution in [0, 0.1) is 0 Å². The molecule has 0 spiro atoms. The van der Waals surface area contributed by atoms with E-state index in [9.17, 15) is 4.79 Å². The Labute approximate surface area is 86.2 Å². The Balaban J connectivity index is 3.99. The van der Waals surface area contributed by atoms with Gasteiger partial charge < -0.3 is 14.4 Å². The number of carbonyl (C=O) groups excluding carboxylic acids is 1. The van der Waals surface area contributed by atoms with Crippen LogP contribution in [0.4, 0.5) is 0 Å². The molecular weight excluding hydrogens is 182 g/mol. The molecule has 0 aromatic heterocycles. The van der Waals surface area contributed by atoms with E-state index in [1.54, 1.807) is 25.8 Å². The van der Waals surface area contributed by atoms with Gasteiger partial charge in [0.2, 0.25) is 0 Å². The first-order valence-electron chi connectivity index (χ1n) is 4.84. The van der Waals surface area contributed by atoms with Gasteiger partial charge in [0.05, 0.1) is 6.61 Å². The summed E-state index contributed by atoms with van der Waals surface area (Å²) in [5.74, 6) is -0.0281. The highest BCUT2D eigenvalue weighted by Gasteiger charge is 2.29. The van der Waals surface area contributed by atoms with Crippen molar-refractivity contribution >= 4 is 5.91 Å². The molecular formula is C10H21NO3. The van der Waals surface area contributed by atoms with Gasteiger partial charge in [-0.15, -0.1) is 0 Å². The van der Waals surface area contributed by atoms with Gasteiger partial charge in [-0.05, 0) is 20.8 Å². The van der Waals surface area contributed by atoms with Crippen LogP contribution >= 0.6 is 0 Å². The van der Waals surface area contributed by atoms with Crippen molar-refractivity contribution in [2.45, 2.75) is 26.4 Å². The maximum Gasteiger partial charge on any atom is 0.254 e. The van der Waals surface area contributed by atoms with Crippen molar-refractivity contribution in [1.29, 1.82) is 0 Å². The Morgan fingerprint density at radius 2 is 2.00 bits per heavy atom. The third-order valence-corrected chi connectivity index (χ3v) is 2.15. The molecule has 0 N–H and O–H groups in total. The van der Waals surface area contributed by atoms with Crippen molar-refractivity contribution < 1.29 is 14.3 Å². The monoisotopic (exact) mass is 203 g/mol. The van der Waals surface area contributed by atoms with Crippen molar-refractivity contribution in [2.75, 3.05) is 33.9 Å². The molecule has 0 saturated heterocycles. The largest absolute Gasteiger partial charge is 0.380 e.